The van der Waals surface area contributed by atoms with Crippen molar-refractivity contribution in [3.63, 3.8) is 0 Å². The second kappa shape index (κ2) is 7.55. The standard InChI is InChI=1S/C20H17BrO2/c1-22-23-14-15-7-9-16(10-8-15)18-11-12-20(21)19(13-18)17-5-3-2-4-6-17/h2-13H,14H2,1H3. The highest BCUT2D eigenvalue weighted by Crippen LogP contribution is 2.32. The van der Waals surface area contributed by atoms with E-state index in [1.165, 1.54) is 29.4 Å². The van der Waals surface area contributed by atoms with Gasteiger partial charge in [-0.05, 0) is 39.9 Å². The number of rotatable bonds is 5. The first-order valence-electron chi connectivity index (χ1n) is 7.38. The van der Waals surface area contributed by atoms with Crippen LogP contribution in [0.3, 0.4) is 0 Å². The maximum Gasteiger partial charge on any atom is 0.107 e. The average molecular weight is 369 g/mol. The summed E-state index contributed by atoms with van der Waals surface area (Å²) in [6, 6.07) is 25.1. The first-order valence-corrected chi connectivity index (χ1v) is 8.17. The van der Waals surface area contributed by atoms with Gasteiger partial charge >= 0.3 is 0 Å². The highest BCUT2D eigenvalue weighted by Gasteiger charge is 2.06. The molecule has 0 amide bonds. The van der Waals surface area contributed by atoms with Gasteiger partial charge in [0.05, 0.1) is 7.11 Å². The maximum absolute atomic E-state index is 4.95. The fourth-order valence-corrected chi connectivity index (χ4v) is 2.94. The molecular formula is C20H17BrO2. The fourth-order valence-electron chi connectivity index (χ4n) is 2.46. The van der Waals surface area contributed by atoms with Gasteiger partial charge in [0, 0.05) is 4.47 Å². The summed E-state index contributed by atoms with van der Waals surface area (Å²) in [4.78, 5) is 9.58. The third-order valence-corrected chi connectivity index (χ3v) is 4.37. The summed E-state index contributed by atoms with van der Waals surface area (Å²) < 4.78 is 1.09. The summed E-state index contributed by atoms with van der Waals surface area (Å²) in [5.74, 6) is 0. The van der Waals surface area contributed by atoms with Gasteiger partial charge in [0.15, 0.2) is 0 Å². The Kier molecular flexibility index (Phi) is 5.23. The van der Waals surface area contributed by atoms with Gasteiger partial charge in [-0.3, -0.25) is 0 Å². The van der Waals surface area contributed by atoms with Gasteiger partial charge in [0.2, 0.25) is 0 Å². The van der Waals surface area contributed by atoms with E-state index in [2.05, 4.69) is 87.5 Å². The molecule has 0 aliphatic rings. The van der Waals surface area contributed by atoms with Crippen LogP contribution in [0.4, 0.5) is 0 Å². The van der Waals surface area contributed by atoms with E-state index in [-0.39, 0.29) is 0 Å². The molecule has 0 aromatic heterocycles. The lowest BCUT2D eigenvalue weighted by Crippen LogP contribution is -1.91. The number of benzene rings is 3. The van der Waals surface area contributed by atoms with E-state index in [4.69, 9.17) is 4.89 Å². The minimum absolute atomic E-state index is 0.451. The summed E-state index contributed by atoms with van der Waals surface area (Å²) >= 11 is 3.65. The van der Waals surface area contributed by atoms with E-state index < -0.39 is 0 Å². The van der Waals surface area contributed by atoms with Crippen LogP contribution in [0.1, 0.15) is 5.56 Å². The van der Waals surface area contributed by atoms with Crippen molar-refractivity contribution in [2.75, 3.05) is 7.11 Å². The van der Waals surface area contributed by atoms with Crippen LogP contribution in [0.15, 0.2) is 77.3 Å². The minimum atomic E-state index is 0.451. The molecule has 0 heterocycles. The molecule has 0 N–H and O–H groups in total. The van der Waals surface area contributed by atoms with Crippen LogP contribution >= 0.6 is 15.9 Å². The molecule has 0 unspecified atom stereocenters. The zero-order valence-electron chi connectivity index (χ0n) is 12.8. The molecule has 3 rings (SSSR count). The molecule has 2 nitrogen and oxygen atoms in total. The Morgan fingerprint density at radius 2 is 1.48 bits per heavy atom. The van der Waals surface area contributed by atoms with Crippen molar-refractivity contribution >= 4 is 15.9 Å². The van der Waals surface area contributed by atoms with Gasteiger partial charge in [-0.25, -0.2) is 9.78 Å². The topological polar surface area (TPSA) is 18.5 Å². The Bertz CT molecular complexity index is 767. The molecule has 0 aliphatic carbocycles. The van der Waals surface area contributed by atoms with Gasteiger partial charge in [0.25, 0.3) is 0 Å². The Balaban J connectivity index is 1.92. The molecule has 0 aliphatic heterocycles. The van der Waals surface area contributed by atoms with E-state index in [0.29, 0.717) is 6.61 Å². The lowest BCUT2D eigenvalue weighted by Gasteiger charge is -2.09. The Hall–Kier alpha value is -1.94. The zero-order valence-corrected chi connectivity index (χ0v) is 14.4. The van der Waals surface area contributed by atoms with Gasteiger partial charge in [-0.2, -0.15) is 0 Å². The predicted octanol–water partition coefficient (Wildman–Crippen LogP) is 5.86. The number of hydrogen-bond donors (Lipinski definition) is 0. The van der Waals surface area contributed by atoms with Crippen molar-refractivity contribution in [2.45, 2.75) is 6.61 Å². The second-order valence-corrected chi connectivity index (χ2v) is 6.04. The predicted molar refractivity (Wildman–Crippen MR) is 96.8 cm³/mol. The molecule has 116 valence electrons. The summed E-state index contributed by atoms with van der Waals surface area (Å²) in [7, 11) is 1.52. The SMILES string of the molecule is COOCc1ccc(-c2ccc(Br)c(-c3ccccc3)c2)cc1. The summed E-state index contributed by atoms with van der Waals surface area (Å²) in [6.45, 7) is 0.451. The molecule has 0 spiro atoms. The molecule has 23 heavy (non-hydrogen) atoms. The van der Waals surface area contributed by atoms with Crippen LogP contribution in [-0.2, 0) is 16.4 Å². The molecular weight excluding hydrogens is 352 g/mol. The average Bonchev–Trinajstić information content (AvgIpc) is 2.62. The molecule has 0 atom stereocenters. The lowest BCUT2D eigenvalue weighted by atomic mass is 9.98. The van der Waals surface area contributed by atoms with Gasteiger partial charge in [-0.1, -0.05) is 76.6 Å². The maximum atomic E-state index is 4.95. The number of hydrogen-bond acceptors (Lipinski definition) is 2. The van der Waals surface area contributed by atoms with E-state index in [9.17, 15) is 0 Å². The summed E-state index contributed by atoms with van der Waals surface area (Å²) in [5, 5.41) is 0. The minimum Gasteiger partial charge on any atom is -0.240 e. The molecule has 3 aromatic rings. The van der Waals surface area contributed by atoms with Crippen LogP contribution in [-0.4, -0.2) is 7.11 Å². The van der Waals surface area contributed by atoms with Crippen molar-refractivity contribution in [3.05, 3.63) is 82.8 Å². The smallest absolute Gasteiger partial charge is 0.107 e. The lowest BCUT2D eigenvalue weighted by molar-refractivity contribution is -0.282. The van der Waals surface area contributed by atoms with Crippen LogP contribution < -0.4 is 0 Å². The largest absolute Gasteiger partial charge is 0.240 e. The number of halogens is 1. The van der Waals surface area contributed by atoms with Crippen molar-refractivity contribution in [2.24, 2.45) is 0 Å². The molecule has 0 saturated carbocycles. The first kappa shape index (κ1) is 15.9. The molecule has 0 bridgehead atoms. The third-order valence-electron chi connectivity index (χ3n) is 3.68. The quantitative estimate of drug-likeness (QED) is 0.414. The van der Waals surface area contributed by atoms with Crippen LogP contribution in [0.25, 0.3) is 22.3 Å². The molecule has 3 heteroatoms. The third kappa shape index (κ3) is 3.88. The summed E-state index contributed by atoms with van der Waals surface area (Å²) in [5.41, 5.74) is 5.83. The van der Waals surface area contributed by atoms with Gasteiger partial charge in [-0.15, -0.1) is 0 Å². The monoisotopic (exact) mass is 368 g/mol. The van der Waals surface area contributed by atoms with E-state index in [1.54, 1.807) is 0 Å². The Morgan fingerprint density at radius 3 is 2.17 bits per heavy atom. The fraction of sp³-hybridized carbons (Fsp3) is 0.100. The van der Waals surface area contributed by atoms with E-state index >= 15 is 0 Å². The highest BCUT2D eigenvalue weighted by molar-refractivity contribution is 9.10. The van der Waals surface area contributed by atoms with Crippen molar-refractivity contribution in [3.8, 4) is 22.3 Å². The van der Waals surface area contributed by atoms with Gasteiger partial charge in [0.1, 0.15) is 6.61 Å². The van der Waals surface area contributed by atoms with Crippen molar-refractivity contribution in [1.82, 2.24) is 0 Å². The van der Waals surface area contributed by atoms with Crippen LogP contribution in [0.2, 0.25) is 0 Å². The highest BCUT2D eigenvalue weighted by atomic mass is 79.9. The van der Waals surface area contributed by atoms with Crippen molar-refractivity contribution in [1.29, 1.82) is 0 Å². The molecule has 0 saturated heterocycles. The van der Waals surface area contributed by atoms with Crippen molar-refractivity contribution < 1.29 is 9.78 Å². The Morgan fingerprint density at radius 1 is 0.783 bits per heavy atom. The Labute approximate surface area is 144 Å². The molecule has 0 radical (unpaired) electrons. The second-order valence-electron chi connectivity index (χ2n) is 5.19. The molecule has 0 fully saturated rings. The first-order chi connectivity index (χ1) is 11.3. The van der Waals surface area contributed by atoms with E-state index in [0.717, 1.165) is 10.0 Å². The van der Waals surface area contributed by atoms with Crippen LogP contribution in [0, 0.1) is 0 Å². The molecule has 3 aromatic carbocycles. The van der Waals surface area contributed by atoms with Gasteiger partial charge < -0.3 is 0 Å². The summed E-state index contributed by atoms with van der Waals surface area (Å²) in [6.07, 6.45) is 0. The van der Waals surface area contributed by atoms with Crippen LogP contribution in [0.5, 0.6) is 0 Å². The normalized spacial score (nSPS) is 10.7. The zero-order chi connectivity index (χ0) is 16.1. The van der Waals surface area contributed by atoms with E-state index in [1.807, 2.05) is 6.07 Å².